The number of carboxylic acids is 1. The second-order valence-corrected chi connectivity index (χ2v) is 6.02. The summed E-state index contributed by atoms with van der Waals surface area (Å²) in [6.07, 6.45) is -0.158. The zero-order chi connectivity index (χ0) is 14.7. The Bertz CT molecular complexity index is 680. The smallest absolute Gasteiger partial charge is 0.313 e. The van der Waals surface area contributed by atoms with Crippen LogP contribution in [0.25, 0.3) is 10.2 Å². The van der Waals surface area contributed by atoms with Gasteiger partial charge in [-0.2, -0.15) is 0 Å². The van der Waals surface area contributed by atoms with E-state index in [1.165, 1.54) is 15.9 Å². The highest BCUT2D eigenvalue weighted by molar-refractivity contribution is 7.99. The molecule has 0 amide bonds. The normalized spacial score (nSPS) is 12.7. The van der Waals surface area contributed by atoms with Crippen molar-refractivity contribution < 1.29 is 14.6 Å². The Hall–Kier alpha value is -1.38. The summed E-state index contributed by atoms with van der Waals surface area (Å²) in [4.78, 5) is 28.1. The highest BCUT2D eigenvalue weighted by atomic mass is 32.2. The molecule has 2 aromatic heterocycles. The molecule has 1 N–H and O–H groups in total. The predicted octanol–water partition coefficient (Wildman–Crippen LogP) is 1.67. The molecule has 108 valence electrons. The molecule has 0 aromatic carbocycles. The summed E-state index contributed by atoms with van der Waals surface area (Å²) in [7, 11) is 1.57. The average Bonchev–Trinajstić information content (AvgIpc) is 2.88. The lowest BCUT2D eigenvalue weighted by Gasteiger charge is -2.15. The van der Waals surface area contributed by atoms with Crippen molar-refractivity contribution in [3.8, 4) is 0 Å². The quantitative estimate of drug-likeness (QED) is 0.645. The molecule has 0 aliphatic heterocycles. The predicted molar refractivity (Wildman–Crippen MR) is 78.7 cm³/mol. The minimum Gasteiger partial charge on any atom is -0.481 e. The molecule has 0 saturated heterocycles. The number of carboxylic acid groups (broad SMARTS) is 1. The molecule has 8 heteroatoms. The first kappa shape index (κ1) is 15.0. The molecule has 0 fully saturated rings. The molecule has 20 heavy (non-hydrogen) atoms. The number of methoxy groups -OCH3 is 1. The lowest BCUT2D eigenvalue weighted by molar-refractivity contribution is -0.133. The van der Waals surface area contributed by atoms with Gasteiger partial charge in [0.2, 0.25) is 0 Å². The van der Waals surface area contributed by atoms with Crippen LogP contribution in [-0.2, 0) is 16.1 Å². The summed E-state index contributed by atoms with van der Waals surface area (Å²) >= 11 is 2.41. The molecule has 2 heterocycles. The first-order chi connectivity index (χ1) is 9.52. The molecule has 1 unspecified atom stereocenters. The van der Waals surface area contributed by atoms with Gasteiger partial charge in [-0.25, -0.2) is 4.98 Å². The molecule has 2 aromatic rings. The van der Waals surface area contributed by atoms with E-state index in [-0.39, 0.29) is 17.4 Å². The third-order valence-electron chi connectivity index (χ3n) is 2.72. The van der Waals surface area contributed by atoms with Gasteiger partial charge in [0.25, 0.3) is 5.56 Å². The van der Waals surface area contributed by atoms with Gasteiger partial charge in [0, 0.05) is 7.11 Å². The molecule has 0 aliphatic carbocycles. The minimum atomic E-state index is -0.943. The van der Waals surface area contributed by atoms with Crippen LogP contribution in [0.2, 0.25) is 0 Å². The molecule has 0 aliphatic rings. The summed E-state index contributed by atoms with van der Waals surface area (Å²) in [6, 6.07) is 1.73. The molecule has 6 nitrogen and oxygen atoms in total. The van der Waals surface area contributed by atoms with Gasteiger partial charge in [-0.05, 0) is 18.4 Å². The van der Waals surface area contributed by atoms with Gasteiger partial charge in [0.15, 0.2) is 5.16 Å². The van der Waals surface area contributed by atoms with Crippen LogP contribution in [0.15, 0.2) is 21.4 Å². The molecule has 0 spiro atoms. The van der Waals surface area contributed by atoms with E-state index in [9.17, 15) is 9.59 Å². The molecular formula is C12H14N2O4S2. The number of fused-ring (bicyclic) bond motifs is 1. The Balaban J connectivity index is 2.47. The molecular weight excluding hydrogens is 300 g/mol. The van der Waals surface area contributed by atoms with E-state index in [0.29, 0.717) is 21.9 Å². The number of thiophene rings is 1. The van der Waals surface area contributed by atoms with Crippen molar-refractivity contribution in [1.29, 1.82) is 0 Å². The van der Waals surface area contributed by atoms with Crippen LogP contribution >= 0.6 is 23.1 Å². The average molecular weight is 314 g/mol. The van der Waals surface area contributed by atoms with Crippen LogP contribution in [0.3, 0.4) is 0 Å². The Morgan fingerprint density at radius 1 is 1.65 bits per heavy atom. The summed E-state index contributed by atoms with van der Waals surface area (Å²) < 4.78 is 6.66. The minimum absolute atomic E-state index is 0.134. The Morgan fingerprint density at radius 3 is 3.05 bits per heavy atom. The Kier molecular flexibility index (Phi) is 4.79. The number of ether oxygens (including phenoxy) is 1. The number of hydrogen-bond acceptors (Lipinski definition) is 6. The fourth-order valence-corrected chi connectivity index (χ4v) is 3.19. The first-order valence-electron chi connectivity index (χ1n) is 5.88. The molecule has 1 atom stereocenters. The SMILES string of the molecule is COC(C)Cn1c(SCC(=O)O)nc2sccc2c1=O. The van der Waals surface area contributed by atoms with E-state index in [0.717, 1.165) is 11.8 Å². The fraction of sp³-hybridized carbons (Fsp3) is 0.417. The van der Waals surface area contributed by atoms with Gasteiger partial charge < -0.3 is 9.84 Å². The maximum absolute atomic E-state index is 12.4. The second kappa shape index (κ2) is 6.38. The van der Waals surface area contributed by atoms with Crippen molar-refractivity contribution in [3.05, 3.63) is 21.8 Å². The number of nitrogens with zero attached hydrogens (tertiary/aromatic N) is 2. The summed E-state index contributed by atoms with van der Waals surface area (Å²) in [5, 5.41) is 11.5. The van der Waals surface area contributed by atoms with Crippen LogP contribution in [0.1, 0.15) is 6.92 Å². The van der Waals surface area contributed by atoms with E-state index >= 15 is 0 Å². The number of aliphatic carboxylic acids is 1. The third-order valence-corrected chi connectivity index (χ3v) is 4.48. The number of rotatable bonds is 6. The van der Waals surface area contributed by atoms with Crippen LogP contribution in [0.5, 0.6) is 0 Å². The van der Waals surface area contributed by atoms with E-state index < -0.39 is 5.97 Å². The monoisotopic (exact) mass is 314 g/mol. The van der Waals surface area contributed by atoms with Gasteiger partial charge in [0.05, 0.1) is 23.8 Å². The highest BCUT2D eigenvalue weighted by Gasteiger charge is 2.15. The summed E-state index contributed by atoms with van der Waals surface area (Å²) in [5.74, 6) is -1.08. The molecule has 0 radical (unpaired) electrons. The first-order valence-corrected chi connectivity index (χ1v) is 7.75. The highest BCUT2D eigenvalue weighted by Crippen LogP contribution is 2.21. The summed E-state index contributed by atoms with van der Waals surface area (Å²) in [6.45, 7) is 2.19. The molecule has 0 bridgehead atoms. The summed E-state index contributed by atoms with van der Waals surface area (Å²) in [5.41, 5.74) is -0.159. The van der Waals surface area contributed by atoms with Crippen molar-refractivity contribution in [2.24, 2.45) is 0 Å². The van der Waals surface area contributed by atoms with Crippen molar-refractivity contribution in [2.45, 2.75) is 24.7 Å². The van der Waals surface area contributed by atoms with Gasteiger partial charge in [-0.1, -0.05) is 11.8 Å². The second-order valence-electron chi connectivity index (χ2n) is 4.18. The van der Waals surface area contributed by atoms with Crippen molar-refractivity contribution >= 4 is 39.3 Å². The fourth-order valence-electron chi connectivity index (χ4n) is 1.66. The Labute approximate surface area is 123 Å². The lowest BCUT2D eigenvalue weighted by atomic mass is 10.3. The number of aromatic nitrogens is 2. The standard InChI is InChI=1S/C12H14N2O4S2/c1-7(18-2)5-14-11(17)8-3-4-19-10(8)13-12(14)20-6-9(15)16/h3-4,7H,5-6H2,1-2H3,(H,15,16). The largest absolute Gasteiger partial charge is 0.481 e. The number of thioether (sulfide) groups is 1. The van der Waals surface area contributed by atoms with Gasteiger partial charge in [-0.3, -0.25) is 14.2 Å². The van der Waals surface area contributed by atoms with E-state index in [4.69, 9.17) is 9.84 Å². The number of carbonyl (C=O) groups is 1. The van der Waals surface area contributed by atoms with Crippen molar-refractivity contribution in [1.82, 2.24) is 9.55 Å². The zero-order valence-corrected chi connectivity index (χ0v) is 12.7. The Morgan fingerprint density at radius 2 is 2.40 bits per heavy atom. The zero-order valence-electron chi connectivity index (χ0n) is 11.0. The molecule has 0 saturated carbocycles. The maximum atomic E-state index is 12.4. The lowest BCUT2D eigenvalue weighted by Crippen LogP contribution is -2.28. The van der Waals surface area contributed by atoms with Crippen LogP contribution in [-0.4, -0.2) is 39.6 Å². The van der Waals surface area contributed by atoms with Crippen LogP contribution in [0, 0.1) is 0 Å². The number of hydrogen-bond donors (Lipinski definition) is 1. The van der Waals surface area contributed by atoms with E-state index in [1.807, 2.05) is 6.92 Å². The third kappa shape index (κ3) is 3.20. The van der Waals surface area contributed by atoms with E-state index in [1.54, 1.807) is 18.6 Å². The van der Waals surface area contributed by atoms with E-state index in [2.05, 4.69) is 4.98 Å². The van der Waals surface area contributed by atoms with Crippen molar-refractivity contribution in [2.75, 3.05) is 12.9 Å². The topological polar surface area (TPSA) is 81.4 Å². The van der Waals surface area contributed by atoms with Gasteiger partial charge in [-0.15, -0.1) is 11.3 Å². The van der Waals surface area contributed by atoms with Crippen LogP contribution in [0.4, 0.5) is 0 Å². The van der Waals surface area contributed by atoms with Crippen LogP contribution < -0.4 is 5.56 Å². The van der Waals surface area contributed by atoms with Crippen molar-refractivity contribution in [3.63, 3.8) is 0 Å². The van der Waals surface area contributed by atoms with Gasteiger partial charge in [0.1, 0.15) is 4.83 Å². The molecule has 2 rings (SSSR count). The van der Waals surface area contributed by atoms with Gasteiger partial charge >= 0.3 is 5.97 Å². The maximum Gasteiger partial charge on any atom is 0.313 e.